The highest BCUT2D eigenvalue weighted by Crippen LogP contribution is 2.36. The molecule has 0 bridgehead atoms. The van der Waals surface area contributed by atoms with Gasteiger partial charge in [0.2, 0.25) is 0 Å². The third-order valence-corrected chi connectivity index (χ3v) is 4.63. The lowest BCUT2D eigenvalue weighted by Crippen LogP contribution is -2.29. The Labute approximate surface area is 154 Å². The number of rotatable bonds is 3. The number of nitro groups is 1. The minimum absolute atomic E-state index is 0.00884. The normalized spacial score (nSPS) is 13.6. The zero-order valence-corrected chi connectivity index (χ0v) is 14.4. The molecule has 136 valence electrons. The summed E-state index contributed by atoms with van der Waals surface area (Å²) in [5, 5.41) is 30.4. The average Bonchev–Trinajstić information content (AvgIpc) is 2.67. The molecule has 0 unspecified atom stereocenters. The number of piperidine rings is 1. The van der Waals surface area contributed by atoms with Gasteiger partial charge in [0.05, 0.1) is 4.92 Å². The molecular weight excluding hydrogens is 348 g/mol. The summed E-state index contributed by atoms with van der Waals surface area (Å²) < 4.78 is 0. The van der Waals surface area contributed by atoms with E-state index in [1.807, 2.05) is 11.0 Å². The smallest absolute Gasteiger partial charge is 0.293 e. The van der Waals surface area contributed by atoms with E-state index in [4.69, 9.17) is 5.73 Å². The second-order valence-electron chi connectivity index (χ2n) is 6.22. The Bertz CT molecular complexity index is 1050. The van der Waals surface area contributed by atoms with Gasteiger partial charge in [-0.2, -0.15) is 10.5 Å². The number of nitrogens with one attached hydrogen (secondary N) is 1. The van der Waals surface area contributed by atoms with Crippen molar-refractivity contribution in [1.29, 1.82) is 10.5 Å². The highest BCUT2D eigenvalue weighted by atomic mass is 16.6. The molecule has 27 heavy (non-hydrogen) atoms. The zero-order chi connectivity index (χ0) is 19.6. The summed E-state index contributed by atoms with van der Waals surface area (Å²) in [6.07, 6.45) is 3.01. The van der Waals surface area contributed by atoms with E-state index in [0.717, 1.165) is 32.4 Å². The van der Waals surface area contributed by atoms with E-state index in [1.165, 1.54) is 6.07 Å². The molecule has 0 saturated carbocycles. The van der Waals surface area contributed by atoms with E-state index in [1.54, 1.807) is 18.2 Å². The molecule has 0 spiro atoms. The van der Waals surface area contributed by atoms with Gasteiger partial charge in [0.25, 0.3) is 11.2 Å². The van der Waals surface area contributed by atoms with Crippen LogP contribution in [0, 0.1) is 32.8 Å². The van der Waals surface area contributed by atoms with Crippen LogP contribution in [0.25, 0.3) is 11.1 Å². The van der Waals surface area contributed by atoms with Gasteiger partial charge in [0.15, 0.2) is 0 Å². The van der Waals surface area contributed by atoms with Gasteiger partial charge in [0, 0.05) is 24.7 Å². The molecule has 0 aliphatic carbocycles. The van der Waals surface area contributed by atoms with Crippen LogP contribution in [-0.4, -0.2) is 23.0 Å². The number of nitrogens with two attached hydrogens (primary N) is 1. The first-order valence-electron chi connectivity index (χ1n) is 8.37. The maximum Gasteiger partial charge on any atom is 0.293 e. The van der Waals surface area contributed by atoms with Crippen molar-refractivity contribution in [3.63, 3.8) is 0 Å². The van der Waals surface area contributed by atoms with Crippen molar-refractivity contribution in [3.05, 3.63) is 49.8 Å². The Morgan fingerprint density at radius 1 is 1.15 bits per heavy atom. The molecule has 2 heterocycles. The Balaban J connectivity index is 2.24. The number of benzene rings is 1. The van der Waals surface area contributed by atoms with Gasteiger partial charge in [-0.15, -0.1) is 0 Å². The molecule has 0 amide bonds. The lowest BCUT2D eigenvalue weighted by molar-refractivity contribution is -0.384. The largest absolute Gasteiger partial charge is 0.384 e. The van der Waals surface area contributed by atoms with E-state index in [0.29, 0.717) is 5.69 Å². The van der Waals surface area contributed by atoms with Crippen LogP contribution >= 0.6 is 0 Å². The maximum atomic E-state index is 12.1. The number of nitrogen functional groups attached to an aromatic ring is 1. The maximum absolute atomic E-state index is 12.1. The van der Waals surface area contributed by atoms with Crippen LogP contribution in [0.2, 0.25) is 0 Å². The fourth-order valence-electron chi connectivity index (χ4n) is 3.36. The average molecular weight is 364 g/mol. The minimum Gasteiger partial charge on any atom is -0.384 e. The van der Waals surface area contributed by atoms with E-state index in [9.17, 15) is 25.4 Å². The molecule has 1 fully saturated rings. The second kappa shape index (κ2) is 7.18. The molecule has 2 aromatic rings. The van der Waals surface area contributed by atoms with Crippen LogP contribution in [-0.2, 0) is 0 Å². The summed E-state index contributed by atoms with van der Waals surface area (Å²) in [7, 11) is 0. The molecule has 9 nitrogen and oxygen atoms in total. The van der Waals surface area contributed by atoms with Crippen molar-refractivity contribution >= 4 is 17.2 Å². The van der Waals surface area contributed by atoms with E-state index < -0.39 is 10.5 Å². The molecule has 3 rings (SSSR count). The van der Waals surface area contributed by atoms with Gasteiger partial charge in [-0.05, 0) is 30.9 Å². The first-order chi connectivity index (χ1) is 13.0. The van der Waals surface area contributed by atoms with Crippen molar-refractivity contribution in [2.24, 2.45) is 0 Å². The van der Waals surface area contributed by atoms with Crippen molar-refractivity contribution in [2.45, 2.75) is 19.3 Å². The molecule has 0 atom stereocenters. The van der Waals surface area contributed by atoms with Crippen LogP contribution in [0.3, 0.4) is 0 Å². The highest BCUT2D eigenvalue weighted by Gasteiger charge is 2.25. The predicted octanol–water partition coefficient (Wildman–Crippen LogP) is 2.27. The standard InChI is InChI=1S/C18H16N6O3/c19-9-12-16(13(10-20)18(25)22-17(12)21)11-4-5-14(15(8-11)24(26)27)23-6-2-1-3-7-23/h4-5,8H,1-3,6-7H2,(H3,21,22,25). The number of aromatic nitrogens is 1. The minimum atomic E-state index is -0.744. The lowest BCUT2D eigenvalue weighted by Gasteiger charge is -2.28. The Hall–Kier alpha value is -3.85. The quantitative estimate of drug-likeness (QED) is 0.625. The van der Waals surface area contributed by atoms with E-state index in [2.05, 4.69) is 4.98 Å². The lowest BCUT2D eigenvalue weighted by atomic mass is 9.95. The molecule has 1 aliphatic heterocycles. The predicted molar refractivity (Wildman–Crippen MR) is 99.1 cm³/mol. The van der Waals surface area contributed by atoms with Crippen molar-refractivity contribution < 1.29 is 4.92 Å². The molecule has 1 aliphatic rings. The topological polar surface area (TPSA) is 153 Å². The van der Waals surface area contributed by atoms with Gasteiger partial charge in [-0.1, -0.05) is 6.07 Å². The van der Waals surface area contributed by atoms with Gasteiger partial charge in [0.1, 0.15) is 34.8 Å². The van der Waals surface area contributed by atoms with Crippen LogP contribution < -0.4 is 16.2 Å². The zero-order valence-electron chi connectivity index (χ0n) is 14.4. The third kappa shape index (κ3) is 3.18. The second-order valence-corrected chi connectivity index (χ2v) is 6.22. The fourth-order valence-corrected chi connectivity index (χ4v) is 3.36. The van der Waals surface area contributed by atoms with Gasteiger partial charge in [-0.3, -0.25) is 14.9 Å². The monoisotopic (exact) mass is 364 g/mol. The van der Waals surface area contributed by atoms with Crippen LogP contribution in [0.1, 0.15) is 30.4 Å². The van der Waals surface area contributed by atoms with Gasteiger partial charge >= 0.3 is 0 Å². The summed E-state index contributed by atoms with van der Waals surface area (Å²) in [5.74, 6) is -0.181. The van der Waals surface area contributed by atoms with Crippen molar-refractivity contribution in [3.8, 4) is 23.3 Å². The van der Waals surface area contributed by atoms with Crippen LogP contribution in [0.15, 0.2) is 23.0 Å². The molecule has 0 radical (unpaired) electrons. The van der Waals surface area contributed by atoms with Crippen molar-refractivity contribution in [2.75, 3.05) is 23.7 Å². The number of hydrogen-bond donors (Lipinski definition) is 2. The summed E-state index contributed by atoms with van der Waals surface area (Å²) in [6, 6.07) is 8.09. The summed E-state index contributed by atoms with van der Waals surface area (Å²) >= 11 is 0. The number of pyridine rings is 1. The number of hydrogen-bond acceptors (Lipinski definition) is 7. The first-order valence-corrected chi connectivity index (χ1v) is 8.37. The van der Waals surface area contributed by atoms with E-state index >= 15 is 0 Å². The Morgan fingerprint density at radius 2 is 1.81 bits per heavy atom. The van der Waals surface area contributed by atoms with Gasteiger partial charge in [-0.25, -0.2) is 0 Å². The number of aromatic amines is 1. The molecule has 1 aromatic heterocycles. The fraction of sp³-hybridized carbons (Fsp3) is 0.278. The molecule has 1 saturated heterocycles. The number of nitro benzene ring substituents is 1. The first kappa shape index (κ1) is 18.0. The summed E-state index contributed by atoms with van der Waals surface area (Å²) in [4.78, 5) is 27.4. The number of anilines is 2. The van der Waals surface area contributed by atoms with Crippen molar-refractivity contribution in [1.82, 2.24) is 4.98 Å². The molecular formula is C18H16N6O3. The third-order valence-electron chi connectivity index (χ3n) is 4.63. The highest BCUT2D eigenvalue weighted by molar-refractivity contribution is 5.83. The molecule has 1 aromatic carbocycles. The molecule has 9 heteroatoms. The Morgan fingerprint density at radius 3 is 2.41 bits per heavy atom. The van der Waals surface area contributed by atoms with Crippen LogP contribution in [0.5, 0.6) is 0 Å². The van der Waals surface area contributed by atoms with Gasteiger partial charge < -0.3 is 15.6 Å². The SMILES string of the molecule is N#Cc1c(N)[nH]c(=O)c(C#N)c1-c1ccc(N2CCCCC2)c([N+](=O)[O-])c1. The Kier molecular flexibility index (Phi) is 4.77. The van der Waals surface area contributed by atoms with E-state index in [-0.39, 0.29) is 33.8 Å². The number of nitrogens with zero attached hydrogens (tertiary/aromatic N) is 4. The number of H-pyrrole nitrogens is 1. The molecule has 3 N–H and O–H groups in total. The summed E-state index contributed by atoms with van der Waals surface area (Å²) in [6.45, 7) is 1.45. The summed E-state index contributed by atoms with van der Waals surface area (Å²) in [5.41, 5.74) is 5.15. The number of nitriles is 2. The van der Waals surface area contributed by atoms with Crippen LogP contribution in [0.4, 0.5) is 17.2 Å².